The first-order chi connectivity index (χ1) is 11.7. The maximum absolute atomic E-state index is 11.7. The van der Waals surface area contributed by atoms with Crippen LogP contribution in [0.1, 0.15) is 6.92 Å². The number of nitrogens with one attached hydrogen (secondary N) is 1. The van der Waals surface area contributed by atoms with E-state index in [1.54, 1.807) is 11.9 Å². The molecule has 1 N–H and O–H groups in total. The molecular formula is C17H27IN4O2S. The number of piperazine rings is 1. The molecule has 0 bridgehead atoms. The average molecular weight is 478 g/mol. The number of ether oxygens (including phenoxy) is 1. The van der Waals surface area contributed by atoms with E-state index in [-0.39, 0.29) is 30.1 Å². The van der Waals surface area contributed by atoms with Crippen LogP contribution in [0.25, 0.3) is 0 Å². The van der Waals surface area contributed by atoms with Crippen LogP contribution < -0.4 is 5.32 Å². The zero-order valence-corrected chi connectivity index (χ0v) is 18.0. The van der Waals surface area contributed by atoms with Crippen LogP contribution in [0.2, 0.25) is 0 Å². The van der Waals surface area contributed by atoms with Crippen molar-refractivity contribution in [1.82, 2.24) is 15.1 Å². The van der Waals surface area contributed by atoms with Crippen molar-refractivity contribution in [2.45, 2.75) is 11.8 Å². The molecule has 0 unspecified atom stereocenters. The number of aliphatic imine (C=N–C) groups is 1. The van der Waals surface area contributed by atoms with Crippen molar-refractivity contribution in [3.8, 4) is 0 Å². The van der Waals surface area contributed by atoms with Crippen molar-refractivity contribution in [3.63, 3.8) is 0 Å². The van der Waals surface area contributed by atoms with Crippen LogP contribution in [0, 0.1) is 0 Å². The number of carbonyl (C=O) groups excluding carboxylic acids is 1. The fourth-order valence-electron chi connectivity index (χ4n) is 2.50. The number of carbonyl (C=O) groups is 1. The van der Waals surface area contributed by atoms with Crippen LogP contribution in [0.3, 0.4) is 0 Å². The van der Waals surface area contributed by atoms with E-state index >= 15 is 0 Å². The lowest BCUT2D eigenvalue weighted by molar-refractivity contribution is 0.0915. The first kappa shape index (κ1) is 21.9. The Hall–Kier alpha value is -1.16. The van der Waals surface area contributed by atoms with Crippen LogP contribution in [-0.4, -0.2) is 74.0 Å². The Kier molecular flexibility index (Phi) is 10.7. The molecule has 0 atom stereocenters. The largest absolute Gasteiger partial charge is 0.450 e. The molecule has 2 rings (SSSR count). The summed E-state index contributed by atoms with van der Waals surface area (Å²) >= 11 is 1.82. The molecule has 1 aliphatic rings. The minimum atomic E-state index is -0.223. The minimum absolute atomic E-state index is 0. The zero-order chi connectivity index (χ0) is 17.2. The number of thioether (sulfide) groups is 1. The average Bonchev–Trinajstić information content (AvgIpc) is 2.63. The molecule has 0 saturated carbocycles. The van der Waals surface area contributed by atoms with Crippen LogP contribution in [0.4, 0.5) is 4.79 Å². The highest BCUT2D eigenvalue weighted by Gasteiger charge is 2.23. The smallest absolute Gasteiger partial charge is 0.409 e. The summed E-state index contributed by atoms with van der Waals surface area (Å²) in [5.74, 6) is 1.87. The highest BCUT2D eigenvalue weighted by Crippen LogP contribution is 2.15. The number of rotatable bonds is 5. The van der Waals surface area contributed by atoms with Crippen LogP contribution in [0.5, 0.6) is 0 Å². The molecule has 0 aromatic heterocycles. The Balaban J connectivity index is 0.00000312. The molecule has 0 aliphatic carbocycles. The molecule has 1 aromatic rings. The summed E-state index contributed by atoms with van der Waals surface area (Å²) in [5, 5.41) is 3.40. The van der Waals surface area contributed by atoms with E-state index in [1.165, 1.54) is 4.90 Å². The molecular weight excluding hydrogens is 451 g/mol. The summed E-state index contributed by atoms with van der Waals surface area (Å²) in [6.07, 6.45) is -0.223. The molecule has 1 aliphatic heterocycles. The first-order valence-electron chi connectivity index (χ1n) is 8.29. The molecule has 140 valence electrons. The standard InChI is InChI=1S/C17H26N4O2S.HI/c1-3-23-17(22)21-12-10-20(11-13-21)16(18-2)19-9-14-24-15-7-5-4-6-8-15;/h4-8H,3,9-14H2,1-2H3,(H,18,19);1H. The summed E-state index contributed by atoms with van der Waals surface area (Å²) in [6, 6.07) is 10.4. The number of halogens is 1. The fourth-order valence-corrected chi connectivity index (χ4v) is 3.29. The Morgan fingerprint density at radius 1 is 1.20 bits per heavy atom. The SMILES string of the molecule is CCOC(=O)N1CCN(C(=NC)NCCSc2ccccc2)CC1.I. The molecule has 25 heavy (non-hydrogen) atoms. The van der Waals surface area contributed by atoms with Gasteiger partial charge in [0.05, 0.1) is 6.61 Å². The molecule has 0 radical (unpaired) electrons. The van der Waals surface area contributed by atoms with Crippen LogP contribution >= 0.6 is 35.7 Å². The summed E-state index contributed by atoms with van der Waals surface area (Å²) in [4.78, 5) is 21.3. The van der Waals surface area contributed by atoms with Gasteiger partial charge in [0.2, 0.25) is 0 Å². The lowest BCUT2D eigenvalue weighted by atomic mass is 10.3. The second kappa shape index (κ2) is 12.2. The normalized spacial score (nSPS) is 14.7. The first-order valence-corrected chi connectivity index (χ1v) is 9.28. The summed E-state index contributed by atoms with van der Waals surface area (Å²) in [6.45, 7) is 5.96. The summed E-state index contributed by atoms with van der Waals surface area (Å²) < 4.78 is 5.04. The number of amides is 1. The van der Waals surface area contributed by atoms with E-state index in [4.69, 9.17) is 4.74 Å². The maximum atomic E-state index is 11.7. The van der Waals surface area contributed by atoms with Crippen molar-refractivity contribution in [2.75, 3.05) is 52.1 Å². The molecule has 1 fully saturated rings. The van der Waals surface area contributed by atoms with Crippen molar-refractivity contribution in [3.05, 3.63) is 30.3 Å². The number of benzene rings is 1. The Morgan fingerprint density at radius 2 is 1.84 bits per heavy atom. The quantitative estimate of drug-likeness (QED) is 0.232. The van der Waals surface area contributed by atoms with E-state index in [2.05, 4.69) is 39.5 Å². The number of nitrogens with zero attached hydrogens (tertiary/aromatic N) is 3. The van der Waals surface area contributed by atoms with Gasteiger partial charge in [-0.3, -0.25) is 4.99 Å². The molecule has 1 amide bonds. The van der Waals surface area contributed by atoms with Gasteiger partial charge in [-0.1, -0.05) is 18.2 Å². The lowest BCUT2D eigenvalue weighted by Crippen LogP contribution is -2.54. The van der Waals surface area contributed by atoms with Gasteiger partial charge in [0, 0.05) is 50.4 Å². The number of hydrogen-bond acceptors (Lipinski definition) is 4. The number of guanidine groups is 1. The van der Waals surface area contributed by atoms with E-state index in [9.17, 15) is 4.79 Å². The highest BCUT2D eigenvalue weighted by atomic mass is 127. The van der Waals surface area contributed by atoms with Crippen molar-refractivity contribution < 1.29 is 9.53 Å². The monoisotopic (exact) mass is 478 g/mol. The molecule has 6 nitrogen and oxygen atoms in total. The molecule has 0 spiro atoms. The van der Waals surface area contributed by atoms with Gasteiger partial charge in [0.1, 0.15) is 0 Å². The summed E-state index contributed by atoms with van der Waals surface area (Å²) in [7, 11) is 1.80. The van der Waals surface area contributed by atoms with E-state index in [0.29, 0.717) is 19.7 Å². The molecule has 1 heterocycles. The van der Waals surface area contributed by atoms with Gasteiger partial charge in [0.25, 0.3) is 0 Å². The van der Waals surface area contributed by atoms with Gasteiger partial charge in [-0.25, -0.2) is 4.79 Å². The topological polar surface area (TPSA) is 57.2 Å². The minimum Gasteiger partial charge on any atom is -0.450 e. The summed E-state index contributed by atoms with van der Waals surface area (Å²) in [5.41, 5.74) is 0. The van der Waals surface area contributed by atoms with E-state index in [1.807, 2.05) is 24.8 Å². The van der Waals surface area contributed by atoms with Gasteiger partial charge in [-0.05, 0) is 19.1 Å². The van der Waals surface area contributed by atoms with Gasteiger partial charge < -0.3 is 19.9 Å². The predicted octanol–water partition coefficient (Wildman–Crippen LogP) is 2.75. The Labute approximate surface area is 171 Å². The van der Waals surface area contributed by atoms with E-state index in [0.717, 1.165) is 31.3 Å². The highest BCUT2D eigenvalue weighted by molar-refractivity contribution is 14.0. The number of hydrogen-bond donors (Lipinski definition) is 1. The third kappa shape index (κ3) is 7.31. The van der Waals surface area contributed by atoms with Gasteiger partial charge in [-0.2, -0.15) is 0 Å². The van der Waals surface area contributed by atoms with Crippen LogP contribution in [-0.2, 0) is 4.74 Å². The van der Waals surface area contributed by atoms with E-state index < -0.39 is 0 Å². The third-order valence-electron chi connectivity index (χ3n) is 3.71. The second-order valence-electron chi connectivity index (χ2n) is 5.31. The zero-order valence-electron chi connectivity index (χ0n) is 14.8. The molecule has 1 aromatic carbocycles. The Bertz CT molecular complexity index is 537. The third-order valence-corrected chi connectivity index (χ3v) is 4.73. The van der Waals surface area contributed by atoms with Gasteiger partial charge >= 0.3 is 6.09 Å². The lowest BCUT2D eigenvalue weighted by Gasteiger charge is -2.35. The molecule has 8 heteroatoms. The van der Waals surface area contributed by atoms with Crippen LogP contribution in [0.15, 0.2) is 40.2 Å². The van der Waals surface area contributed by atoms with Crippen molar-refractivity contribution >= 4 is 47.8 Å². The second-order valence-corrected chi connectivity index (χ2v) is 6.48. The van der Waals surface area contributed by atoms with Crippen molar-refractivity contribution in [2.24, 2.45) is 4.99 Å². The maximum Gasteiger partial charge on any atom is 0.409 e. The Morgan fingerprint density at radius 3 is 2.44 bits per heavy atom. The van der Waals surface area contributed by atoms with Gasteiger partial charge in [0.15, 0.2) is 5.96 Å². The molecule has 1 saturated heterocycles. The predicted molar refractivity (Wildman–Crippen MR) is 114 cm³/mol. The van der Waals surface area contributed by atoms with Crippen molar-refractivity contribution in [1.29, 1.82) is 0 Å². The fraction of sp³-hybridized carbons (Fsp3) is 0.529. The van der Waals surface area contributed by atoms with Gasteiger partial charge in [-0.15, -0.1) is 35.7 Å².